The third kappa shape index (κ3) is 7.71. The number of unbranched alkanes of at least 4 members (excludes halogenated alkanes) is 1. The number of carbonyl (C=O) groups is 1. The number of rotatable bonds is 8. The first-order valence-electron chi connectivity index (χ1n) is 5.06. The van der Waals surface area contributed by atoms with Crippen molar-refractivity contribution in [2.24, 2.45) is 0 Å². The summed E-state index contributed by atoms with van der Waals surface area (Å²) in [4.78, 5) is 10.9. The Morgan fingerprint density at radius 1 is 1.33 bits per heavy atom. The van der Waals surface area contributed by atoms with E-state index >= 15 is 0 Å². The minimum atomic E-state index is -0.647. The Morgan fingerprint density at radius 2 is 2.00 bits per heavy atom. The third-order valence-electron chi connectivity index (χ3n) is 1.69. The van der Waals surface area contributed by atoms with Crippen LogP contribution in [0.15, 0.2) is 12.2 Å². The van der Waals surface area contributed by atoms with Gasteiger partial charge in [-0.1, -0.05) is 19.9 Å². The van der Waals surface area contributed by atoms with Crippen molar-refractivity contribution in [3.05, 3.63) is 12.2 Å². The lowest BCUT2D eigenvalue weighted by molar-refractivity contribution is -0.138. The summed E-state index contributed by atoms with van der Waals surface area (Å²) in [5, 5.41) is 8.33. The quantitative estimate of drug-likeness (QED) is 0.266. The highest BCUT2D eigenvalue weighted by Crippen LogP contribution is 1.94. The first-order valence-corrected chi connectivity index (χ1v) is 5.06. The maximum Gasteiger partial charge on any atom is 0.348 e. The molecule has 0 aromatic carbocycles. The van der Waals surface area contributed by atoms with Crippen LogP contribution in [0.1, 0.15) is 26.2 Å². The van der Waals surface area contributed by atoms with Crippen LogP contribution in [0.4, 0.5) is 0 Å². The number of carbonyl (C=O) groups excluding carboxylic acids is 1. The molecule has 0 aliphatic carbocycles. The molecule has 0 saturated heterocycles. The Kier molecular flexibility index (Phi) is 8.40. The van der Waals surface area contributed by atoms with Gasteiger partial charge in [0, 0.05) is 19.6 Å². The molecule has 4 heteroatoms. The van der Waals surface area contributed by atoms with Gasteiger partial charge >= 0.3 is 5.97 Å². The lowest BCUT2D eigenvalue weighted by Crippen LogP contribution is -2.09. The third-order valence-corrected chi connectivity index (χ3v) is 1.69. The molecule has 0 amide bonds. The summed E-state index contributed by atoms with van der Waals surface area (Å²) in [6, 6.07) is 1.63. The Morgan fingerprint density at radius 3 is 2.60 bits per heavy atom. The van der Waals surface area contributed by atoms with E-state index in [1.165, 1.54) is 0 Å². The fourth-order valence-electron chi connectivity index (χ4n) is 0.807. The largest absolute Gasteiger partial charge is 0.461 e. The highest BCUT2D eigenvalue weighted by Gasteiger charge is 2.06. The van der Waals surface area contributed by atoms with Gasteiger partial charge in [0.25, 0.3) is 0 Å². The fourth-order valence-corrected chi connectivity index (χ4v) is 0.807. The molecule has 0 saturated carbocycles. The average molecular weight is 211 g/mol. The molecule has 15 heavy (non-hydrogen) atoms. The maximum atomic E-state index is 10.9. The van der Waals surface area contributed by atoms with Gasteiger partial charge < -0.3 is 9.47 Å². The van der Waals surface area contributed by atoms with E-state index in [0.717, 1.165) is 19.4 Å². The summed E-state index contributed by atoms with van der Waals surface area (Å²) in [5.41, 5.74) is -0.165. The molecular formula is C11H17NO3. The van der Waals surface area contributed by atoms with Crippen LogP contribution in [-0.4, -0.2) is 25.8 Å². The van der Waals surface area contributed by atoms with E-state index in [1.807, 2.05) is 0 Å². The summed E-state index contributed by atoms with van der Waals surface area (Å²) in [6.45, 7) is 6.93. The number of nitriles is 1. The molecule has 0 spiro atoms. The zero-order chi connectivity index (χ0) is 11.5. The summed E-state index contributed by atoms with van der Waals surface area (Å²) in [5.74, 6) is -0.647. The summed E-state index contributed by atoms with van der Waals surface area (Å²) >= 11 is 0. The summed E-state index contributed by atoms with van der Waals surface area (Å²) < 4.78 is 10.0. The van der Waals surface area contributed by atoms with E-state index in [9.17, 15) is 4.79 Å². The normalized spacial score (nSPS) is 9.33. The van der Waals surface area contributed by atoms with E-state index in [-0.39, 0.29) is 12.2 Å². The van der Waals surface area contributed by atoms with Gasteiger partial charge in [0.05, 0.1) is 6.61 Å². The second-order valence-corrected chi connectivity index (χ2v) is 3.05. The van der Waals surface area contributed by atoms with Crippen LogP contribution < -0.4 is 0 Å². The van der Waals surface area contributed by atoms with Crippen LogP contribution in [0.25, 0.3) is 0 Å². The van der Waals surface area contributed by atoms with Crippen LogP contribution in [0, 0.1) is 11.3 Å². The van der Waals surface area contributed by atoms with Crippen molar-refractivity contribution in [3.63, 3.8) is 0 Å². The Balaban J connectivity index is 3.28. The number of hydrogen-bond acceptors (Lipinski definition) is 4. The molecule has 0 bridgehead atoms. The van der Waals surface area contributed by atoms with Gasteiger partial charge in [-0.05, 0) is 6.42 Å². The molecule has 0 aromatic rings. The highest BCUT2D eigenvalue weighted by atomic mass is 16.5. The van der Waals surface area contributed by atoms with E-state index in [4.69, 9.17) is 14.7 Å². The Labute approximate surface area is 90.5 Å². The predicted molar refractivity (Wildman–Crippen MR) is 56.1 cm³/mol. The van der Waals surface area contributed by atoms with Gasteiger partial charge in [0.15, 0.2) is 0 Å². The van der Waals surface area contributed by atoms with Crippen molar-refractivity contribution in [1.29, 1.82) is 5.26 Å². The number of ether oxygens (including phenoxy) is 2. The molecule has 0 atom stereocenters. The minimum Gasteiger partial charge on any atom is -0.461 e. The zero-order valence-corrected chi connectivity index (χ0v) is 9.12. The van der Waals surface area contributed by atoms with Crippen molar-refractivity contribution in [2.45, 2.75) is 26.2 Å². The molecule has 0 radical (unpaired) electrons. The van der Waals surface area contributed by atoms with E-state index in [2.05, 4.69) is 13.5 Å². The molecule has 0 unspecified atom stereocenters. The predicted octanol–water partition coefficient (Wildman–Crippen LogP) is 1.82. The van der Waals surface area contributed by atoms with Gasteiger partial charge in [0.2, 0.25) is 0 Å². The smallest absolute Gasteiger partial charge is 0.348 e. The molecule has 0 N–H and O–H groups in total. The molecule has 0 rings (SSSR count). The molecule has 0 heterocycles. The zero-order valence-electron chi connectivity index (χ0n) is 9.12. The lowest BCUT2D eigenvalue weighted by Gasteiger charge is -2.04. The number of nitrogens with zero attached hydrogens (tertiary/aromatic N) is 1. The summed E-state index contributed by atoms with van der Waals surface area (Å²) in [6.07, 6.45) is 2.80. The second-order valence-electron chi connectivity index (χ2n) is 3.05. The van der Waals surface area contributed by atoms with Crippen molar-refractivity contribution in [2.75, 3.05) is 19.8 Å². The van der Waals surface area contributed by atoms with Crippen molar-refractivity contribution in [3.8, 4) is 6.07 Å². The fraction of sp³-hybridized carbons (Fsp3) is 0.636. The topological polar surface area (TPSA) is 59.3 Å². The minimum absolute atomic E-state index is 0.165. The molecule has 0 aliphatic heterocycles. The van der Waals surface area contributed by atoms with Gasteiger partial charge in [-0.3, -0.25) is 0 Å². The monoisotopic (exact) mass is 211 g/mol. The van der Waals surface area contributed by atoms with Gasteiger partial charge in [-0.2, -0.15) is 5.26 Å². The molecule has 4 nitrogen and oxygen atoms in total. The van der Waals surface area contributed by atoms with Crippen molar-refractivity contribution < 1.29 is 14.3 Å². The van der Waals surface area contributed by atoms with Gasteiger partial charge in [-0.15, -0.1) is 0 Å². The molecule has 0 aromatic heterocycles. The number of esters is 1. The highest BCUT2D eigenvalue weighted by molar-refractivity contribution is 5.91. The first-order chi connectivity index (χ1) is 7.22. The second kappa shape index (κ2) is 9.22. The van der Waals surface area contributed by atoms with Crippen LogP contribution in [-0.2, 0) is 14.3 Å². The van der Waals surface area contributed by atoms with Crippen LogP contribution in [0.5, 0.6) is 0 Å². The van der Waals surface area contributed by atoms with E-state index in [0.29, 0.717) is 13.0 Å². The Bertz CT molecular complexity index is 243. The van der Waals surface area contributed by atoms with Crippen LogP contribution >= 0.6 is 0 Å². The Hall–Kier alpha value is -1.34. The number of hydrogen-bond donors (Lipinski definition) is 0. The van der Waals surface area contributed by atoms with Crippen LogP contribution in [0.3, 0.4) is 0 Å². The molecule has 84 valence electrons. The average Bonchev–Trinajstić information content (AvgIpc) is 2.26. The standard InChI is InChI=1S/C11H17NO3/c1-3-4-6-14-7-5-8-15-11(13)10(2)9-12/h2-8H2,1H3. The van der Waals surface area contributed by atoms with Crippen LogP contribution in [0.2, 0.25) is 0 Å². The maximum absolute atomic E-state index is 10.9. The van der Waals surface area contributed by atoms with E-state index < -0.39 is 5.97 Å². The van der Waals surface area contributed by atoms with Crippen molar-refractivity contribution >= 4 is 5.97 Å². The SMILES string of the molecule is C=C(C#N)C(=O)OCCCOCCCC. The molecular weight excluding hydrogens is 194 g/mol. The van der Waals surface area contributed by atoms with Gasteiger partial charge in [-0.25, -0.2) is 4.79 Å². The lowest BCUT2D eigenvalue weighted by atomic mass is 10.3. The van der Waals surface area contributed by atoms with Gasteiger partial charge in [0.1, 0.15) is 11.6 Å². The molecule has 0 fully saturated rings. The summed E-state index contributed by atoms with van der Waals surface area (Å²) in [7, 11) is 0. The van der Waals surface area contributed by atoms with Crippen molar-refractivity contribution in [1.82, 2.24) is 0 Å². The first kappa shape index (κ1) is 13.7. The molecule has 0 aliphatic rings. The van der Waals surface area contributed by atoms with E-state index in [1.54, 1.807) is 6.07 Å².